The topological polar surface area (TPSA) is 58.4 Å². The minimum absolute atomic E-state index is 0.0277. The Bertz CT molecular complexity index is 529. The second kappa shape index (κ2) is 5.68. The summed E-state index contributed by atoms with van der Waals surface area (Å²) in [5, 5.41) is 3.20. The molecule has 4 heteroatoms. The van der Waals surface area contributed by atoms with Gasteiger partial charge in [0, 0.05) is 23.8 Å². The molecule has 1 aromatic rings. The van der Waals surface area contributed by atoms with Crippen molar-refractivity contribution in [1.29, 1.82) is 0 Å². The van der Waals surface area contributed by atoms with Gasteiger partial charge in [-0.05, 0) is 57.4 Å². The second-order valence-electron chi connectivity index (χ2n) is 6.64. The van der Waals surface area contributed by atoms with Gasteiger partial charge < -0.3 is 16.0 Å². The second-order valence-corrected chi connectivity index (χ2v) is 6.64. The van der Waals surface area contributed by atoms with Gasteiger partial charge in [-0.25, -0.2) is 0 Å². The monoisotopic (exact) mass is 287 g/mol. The summed E-state index contributed by atoms with van der Waals surface area (Å²) >= 11 is 0. The van der Waals surface area contributed by atoms with Crippen LogP contribution in [0.25, 0.3) is 0 Å². The number of nitrogens with zero attached hydrogens (tertiary/aromatic N) is 1. The highest BCUT2D eigenvalue weighted by Gasteiger charge is 2.36. The van der Waals surface area contributed by atoms with E-state index in [0.717, 1.165) is 18.4 Å². The van der Waals surface area contributed by atoms with Crippen molar-refractivity contribution in [3.63, 3.8) is 0 Å². The first-order valence-corrected chi connectivity index (χ1v) is 7.93. The number of hydrogen-bond acceptors (Lipinski definition) is 3. The maximum absolute atomic E-state index is 12.4. The van der Waals surface area contributed by atoms with E-state index in [2.05, 4.69) is 17.3 Å². The molecule has 2 unspecified atom stereocenters. The Morgan fingerprint density at radius 2 is 1.95 bits per heavy atom. The van der Waals surface area contributed by atoms with Crippen molar-refractivity contribution < 1.29 is 4.79 Å². The molecule has 4 nitrogen and oxygen atoms in total. The SMILES string of the molecule is Cc1ccc(C(=O)NC2CC3CCCC(C2)N3C)c(N)c1. The van der Waals surface area contributed by atoms with Crippen molar-refractivity contribution in [2.45, 2.75) is 57.2 Å². The van der Waals surface area contributed by atoms with E-state index in [1.165, 1.54) is 19.3 Å². The first-order chi connectivity index (χ1) is 10.0. The lowest BCUT2D eigenvalue weighted by Crippen LogP contribution is -2.55. The Balaban J connectivity index is 1.68. The molecule has 21 heavy (non-hydrogen) atoms. The number of nitrogens with one attached hydrogen (secondary N) is 1. The quantitative estimate of drug-likeness (QED) is 0.821. The number of anilines is 1. The normalized spacial score (nSPS) is 29.1. The van der Waals surface area contributed by atoms with Crippen molar-refractivity contribution in [2.75, 3.05) is 12.8 Å². The highest BCUT2D eigenvalue weighted by Crippen LogP contribution is 2.32. The third kappa shape index (κ3) is 2.91. The van der Waals surface area contributed by atoms with Crippen LogP contribution in [0, 0.1) is 6.92 Å². The van der Waals surface area contributed by atoms with Crippen molar-refractivity contribution in [2.24, 2.45) is 0 Å². The average Bonchev–Trinajstić information content (AvgIpc) is 2.39. The Kier molecular flexibility index (Phi) is 3.89. The Labute approximate surface area is 126 Å². The summed E-state index contributed by atoms with van der Waals surface area (Å²) < 4.78 is 0. The van der Waals surface area contributed by atoms with E-state index in [4.69, 9.17) is 5.73 Å². The summed E-state index contributed by atoms with van der Waals surface area (Å²) in [6.07, 6.45) is 5.96. The molecule has 1 amide bonds. The van der Waals surface area contributed by atoms with Crippen LogP contribution in [0.2, 0.25) is 0 Å². The zero-order valence-corrected chi connectivity index (χ0v) is 12.9. The molecule has 0 radical (unpaired) electrons. The number of hydrogen-bond donors (Lipinski definition) is 2. The van der Waals surface area contributed by atoms with E-state index in [1.807, 2.05) is 25.1 Å². The number of aryl methyl sites for hydroxylation is 1. The maximum atomic E-state index is 12.4. The van der Waals surface area contributed by atoms with Crippen molar-refractivity contribution >= 4 is 11.6 Å². The molecule has 2 atom stereocenters. The largest absolute Gasteiger partial charge is 0.398 e. The van der Waals surface area contributed by atoms with Crippen LogP contribution in [0.4, 0.5) is 5.69 Å². The lowest BCUT2D eigenvalue weighted by Gasteiger charge is -2.47. The van der Waals surface area contributed by atoms with Gasteiger partial charge in [0.05, 0.1) is 5.56 Å². The van der Waals surface area contributed by atoms with Crippen molar-refractivity contribution in [3.8, 4) is 0 Å². The van der Waals surface area contributed by atoms with Gasteiger partial charge in [0.15, 0.2) is 0 Å². The minimum Gasteiger partial charge on any atom is -0.398 e. The fourth-order valence-corrected chi connectivity index (χ4v) is 3.89. The summed E-state index contributed by atoms with van der Waals surface area (Å²) in [6, 6.07) is 7.16. The van der Waals surface area contributed by atoms with Gasteiger partial charge in [0.2, 0.25) is 0 Å². The Hall–Kier alpha value is -1.55. The van der Waals surface area contributed by atoms with Gasteiger partial charge in [-0.2, -0.15) is 0 Å². The number of benzene rings is 1. The van der Waals surface area contributed by atoms with Crippen LogP contribution in [0.3, 0.4) is 0 Å². The Morgan fingerprint density at radius 1 is 1.29 bits per heavy atom. The van der Waals surface area contributed by atoms with Gasteiger partial charge in [-0.1, -0.05) is 12.5 Å². The van der Waals surface area contributed by atoms with Crippen LogP contribution in [-0.2, 0) is 0 Å². The minimum atomic E-state index is -0.0277. The first-order valence-electron chi connectivity index (χ1n) is 7.93. The average molecular weight is 287 g/mol. The van der Waals surface area contributed by atoms with Crippen LogP contribution in [-0.4, -0.2) is 36.0 Å². The first kappa shape index (κ1) is 14.4. The number of rotatable bonds is 2. The van der Waals surface area contributed by atoms with E-state index in [-0.39, 0.29) is 11.9 Å². The lowest BCUT2D eigenvalue weighted by molar-refractivity contribution is 0.0463. The summed E-state index contributed by atoms with van der Waals surface area (Å²) in [4.78, 5) is 14.9. The molecule has 0 spiro atoms. The highest BCUT2D eigenvalue weighted by molar-refractivity contribution is 5.99. The molecule has 3 rings (SSSR count). The van der Waals surface area contributed by atoms with Gasteiger partial charge in [0.1, 0.15) is 0 Å². The van der Waals surface area contributed by atoms with E-state index in [1.54, 1.807) is 0 Å². The molecular weight excluding hydrogens is 262 g/mol. The van der Waals surface area contributed by atoms with E-state index in [9.17, 15) is 4.79 Å². The van der Waals surface area contributed by atoms with Crippen molar-refractivity contribution in [1.82, 2.24) is 10.2 Å². The number of piperidine rings is 2. The number of carbonyl (C=O) groups excluding carboxylic acids is 1. The highest BCUT2D eigenvalue weighted by atomic mass is 16.1. The van der Waals surface area contributed by atoms with E-state index in [0.29, 0.717) is 23.3 Å². The molecule has 2 heterocycles. The molecule has 0 aromatic heterocycles. The molecule has 2 aliphatic rings. The fraction of sp³-hybridized carbons (Fsp3) is 0.588. The molecule has 2 fully saturated rings. The number of carbonyl (C=O) groups is 1. The molecule has 2 aliphatic heterocycles. The van der Waals surface area contributed by atoms with Gasteiger partial charge in [0.25, 0.3) is 5.91 Å². The summed E-state index contributed by atoms with van der Waals surface area (Å²) in [5.74, 6) is -0.0277. The van der Waals surface area contributed by atoms with Gasteiger partial charge in [-0.3, -0.25) is 4.79 Å². The third-order valence-corrected chi connectivity index (χ3v) is 5.13. The maximum Gasteiger partial charge on any atom is 0.253 e. The molecule has 2 bridgehead atoms. The standard InChI is InChI=1S/C17H25N3O/c1-11-6-7-15(16(18)8-11)17(21)19-12-9-13-4-3-5-14(10-12)20(13)2/h6-8,12-14H,3-5,9-10,18H2,1-2H3,(H,19,21). The summed E-state index contributed by atoms with van der Waals surface area (Å²) in [5.41, 5.74) is 8.23. The van der Waals surface area contributed by atoms with E-state index < -0.39 is 0 Å². The predicted molar refractivity (Wildman–Crippen MR) is 85.3 cm³/mol. The number of amides is 1. The third-order valence-electron chi connectivity index (χ3n) is 5.13. The zero-order valence-electron chi connectivity index (χ0n) is 12.9. The molecule has 0 saturated carbocycles. The summed E-state index contributed by atoms with van der Waals surface area (Å²) in [6.45, 7) is 1.98. The molecule has 3 N–H and O–H groups in total. The van der Waals surface area contributed by atoms with Crippen LogP contribution < -0.4 is 11.1 Å². The van der Waals surface area contributed by atoms with Gasteiger partial charge >= 0.3 is 0 Å². The van der Waals surface area contributed by atoms with Crippen LogP contribution >= 0.6 is 0 Å². The zero-order chi connectivity index (χ0) is 15.0. The van der Waals surface area contributed by atoms with Crippen LogP contribution in [0.1, 0.15) is 48.0 Å². The molecule has 0 aliphatic carbocycles. The molecule has 1 aromatic carbocycles. The number of fused-ring (bicyclic) bond motifs is 2. The smallest absolute Gasteiger partial charge is 0.253 e. The Morgan fingerprint density at radius 3 is 2.57 bits per heavy atom. The molecule has 114 valence electrons. The molecular formula is C17H25N3O. The van der Waals surface area contributed by atoms with Crippen molar-refractivity contribution in [3.05, 3.63) is 29.3 Å². The lowest BCUT2D eigenvalue weighted by atomic mass is 9.82. The van der Waals surface area contributed by atoms with E-state index >= 15 is 0 Å². The van der Waals surface area contributed by atoms with Gasteiger partial charge in [-0.15, -0.1) is 0 Å². The van der Waals surface area contributed by atoms with Crippen LogP contribution in [0.15, 0.2) is 18.2 Å². The predicted octanol–water partition coefficient (Wildman–Crippen LogP) is 2.32. The summed E-state index contributed by atoms with van der Waals surface area (Å²) in [7, 11) is 2.23. The number of nitrogen functional groups attached to an aromatic ring is 1. The fourth-order valence-electron chi connectivity index (χ4n) is 3.89. The molecule has 2 saturated heterocycles. The van der Waals surface area contributed by atoms with Crippen LogP contribution in [0.5, 0.6) is 0 Å². The number of nitrogens with two attached hydrogens (primary N) is 1.